The van der Waals surface area contributed by atoms with Crippen LogP contribution in [0.2, 0.25) is 0 Å². The second kappa shape index (κ2) is 4.20. The highest BCUT2D eigenvalue weighted by Crippen LogP contribution is 2.22. The number of hydrogen-bond acceptors (Lipinski definition) is 3. The minimum atomic E-state index is -0.470. The van der Waals surface area contributed by atoms with E-state index in [1.165, 1.54) is 6.20 Å². The van der Waals surface area contributed by atoms with Gasteiger partial charge < -0.3 is 5.73 Å². The van der Waals surface area contributed by atoms with Crippen molar-refractivity contribution in [3.8, 4) is 5.69 Å². The molecule has 0 unspecified atom stereocenters. The van der Waals surface area contributed by atoms with Gasteiger partial charge in [-0.25, -0.2) is 4.68 Å². The molecular weight excluding hydrogens is 240 g/mol. The maximum absolute atomic E-state index is 11.3. The molecule has 94 valence electrons. The van der Waals surface area contributed by atoms with Crippen LogP contribution in [0.15, 0.2) is 42.7 Å². The lowest BCUT2D eigenvalue weighted by Crippen LogP contribution is -2.12. The van der Waals surface area contributed by atoms with Crippen molar-refractivity contribution >= 4 is 16.8 Å². The molecule has 1 amide bonds. The van der Waals surface area contributed by atoms with Crippen LogP contribution in [0.4, 0.5) is 0 Å². The summed E-state index contributed by atoms with van der Waals surface area (Å²) >= 11 is 0. The van der Waals surface area contributed by atoms with Crippen LogP contribution in [0.25, 0.3) is 16.6 Å². The van der Waals surface area contributed by atoms with Crippen LogP contribution >= 0.6 is 0 Å². The van der Waals surface area contributed by atoms with Crippen molar-refractivity contribution in [1.82, 2.24) is 14.8 Å². The Labute approximate surface area is 109 Å². The molecule has 0 fully saturated rings. The molecule has 3 rings (SSSR count). The summed E-state index contributed by atoms with van der Waals surface area (Å²) in [4.78, 5) is 15.6. The molecule has 0 aliphatic rings. The van der Waals surface area contributed by atoms with Crippen molar-refractivity contribution in [2.45, 2.75) is 6.92 Å². The second-order valence-electron chi connectivity index (χ2n) is 4.27. The summed E-state index contributed by atoms with van der Waals surface area (Å²) in [5.41, 5.74) is 8.24. The zero-order chi connectivity index (χ0) is 13.4. The summed E-state index contributed by atoms with van der Waals surface area (Å²) < 4.78 is 1.71. The molecule has 5 nitrogen and oxygen atoms in total. The molecule has 2 N–H and O–H groups in total. The highest BCUT2D eigenvalue weighted by molar-refractivity contribution is 5.94. The largest absolute Gasteiger partial charge is 0.365 e. The van der Waals surface area contributed by atoms with E-state index in [2.05, 4.69) is 10.1 Å². The first-order chi connectivity index (χ1) is 9.18. The van der Waals surface area contributed by atoms with Crippen molar-refractivity contribution in [3.05, 3.63) is 54.0 Å². The number of pyridine rings is 1. The number of benzene rings is 1. The zero-order valence-corrected chi connectivity index (χ0v) is 10.4. The fourth-order valence-corrected chi connectivity index (χ4v) is 2.17. The molecule has 0 saturated heterocycles. The summed E-state index contributed by atoms with van der Waals surface area (Å²) in [6.45, 7) is 1.82. The fourth-order valence-electron chi connectivity index (χ4n) is 2.17. The monoisotopic (exact) mass is 252 g/mol. The Bertz CT molecular complexity index is 771. The number of fused-ring (bicyclic) bond motifs is 1. The third-order valence-corrected chi connectivity index (χ3v) is 3.13. The molecule has 0 radical (unpaired) electrons. The molecule has 0 aliphatic carbocycles. The molecule has 19 heavy (non-hydrogen) atoms. The molecule has 0 bridgehead atoms. The Balaban J connectivity index is 2.28. The van der Waals surface area contributed by atoms with Gasteiger partial charge >= 0.3 is 0 Å². The summed E-state index contributed by atoms with van der Waals surface area (Å²) in [6.07, 6.45) is 3.24. The van der Waals surface area contributed by atoms with E-state index < -0.39 is 5.91 Å². The molecular formula is C14H12N4O. The van der Waals surface area contributed by atoms with Gasteiger partial charge in [-0.05, 0) is 31.2 Å². The van der Waals surface area contributed by atoms with Gasteiger partial charge in [0.15, 0.2) is 0 Å². The second-order valence-corrected chi connectivity index (χ2v) is 4.27. The average Bonchev–Trinajstić information content (AvgIpc) is 2.80. The molecule has 0 aliphatic heterocycles. The van der Waals surface area contributed by atoms with Gasteiger partial charge in [0.25, 0.3) is 5.91 Å². The van der Waals surface area contributed by atoms with Crippen LogP contribution < -0.4 is 5.73 Å². The van der Waals surface area contributed by atoms with E-state index in [1.54, 1.807) is 10.9 Å². The average molecular weight is 252 g/mol. The van der Waals surface area contributed by atoms with Crippen molar-refractivity contribution in [1.29, 1.82) is 0 Å². The third kappa shape index (κ3) is 1.76. The zero-order valence-electron chi connectivity index (χ0n) is 10.4. The minimum absolute atomic E-state index is 0.431. The minimum Gasteiger partial charge on any atom is -0.365 e. The van der Waals surface area contributed by atoms with Gasteiger partial charge in [-0.3, -0.25) is 9.78 Å². The van der Waals surface area contributed by atoms with Crippen LogP contribution in [-0.4, -0.2) is 20.7 Å². The number of primary amides is 1. The summed E-state index contributed by atoms with van der Waals surface area (Å²) in [7, 11) is 0. The van der Waals surface area contributed by atoms with Gasteiger partial charge in [0.1, 0.15) is 0 Å². The molecule has 0 saturated carbocycles. The van der Waals surface area contributed by atoms with Crippen molar-refractivity contribution in [3.63, 3.8) is 0 Å². The van der Waals surface area contributed by atoms with Crippen LogP contribution in [0.3, 0.4) is 0 Å². The third-order valence-electron chi connectivity index (χ3n) is 3.13. The lowest BCUT2D eigenvalue weighted by atomic mass is 10.1. The van der Waals surface area contributed by atoms with Gasteiger partial charge in [0.05, 0.1) is 28.7 Å². The van der Waals surface area contributed by atoms with Gasteiger partial charge in [-0.2, -0.15) is 5.10 Å². The maximum Gasteiger partial charge on any atom is 0.252 e. The van der Waals surface area contributed by atoms with Gasteiger partial charge in [0, 0.05) is 11.6 Å². The number of aromatic nitrogens is 3. The first-order valence-electron chi connectivity index (χ1n) is 5.87. The molecule has 0 spiro atoms. The summed E-state index contributed by atoms with van der Waals surface area (Å²) in [5.74, 6) is -0.470. The maximum atomic E-state index is 11.3. The molecule has 2 aromatic heterocycles. The molecule has 2 heterocycles. The summed E-state index contributed by atoms with van der Waals surface area (Å²) in [5, 5.41) is 5.22. The first-order valence-corrected chi connectivity index (χ1v) is 5.87. The highest BCUT2D eigenvalue weighted by Gasteiger charge is 2.13. The smallest absolute Gasteiger partial charge is 0.252 e. The SMILES string of the molecule is Cc1c(C(N)=O)cnn1-c1cccc2ncccc12. The van der Waals surface area contributed by atoms with Gasteiger partial charge in [-0.1, -0.05) is 6.07 Å². The van der Waals surface area contributed by atoms with Gasteiger partial charge in [0.2, 0.25) is 0 Å². The van der Waals surface area contributed by atoms with Crippen LogP contribution in [0, 0.1) is 6.92 Å². The number of rotatable bonds is 2. The van der Waals surface area contributed by atoms with Crippen LogP contribution in [0.5, 0.6) is 0 Å². The van der Waals surface area contributed by atoms with E-state index in [0.717, 1.165) is 22.3 Å². The van der Waals surface area contributed by atoms with Crippen molar-refractivity contribution < 1.29 is 4.79 Å². The Kier molecular flexibility index (Phi) is 2.52. The fraction of sp³-hybridized carbons (Fsp3) is 0.0714. The molecule has 3 aromatic rings. The van der Waals surface area contributed by atoms with E-state index in [9.17, 15) is 4.79 Å². The first kappa shape index (κ1) is 11.4. The Morgan fingerprint density at radius 3 is 2.84 bits per heavy atom. The van der Waals surface area contributed by atoms with E-state index in [1.807, 2.05) is 37.3 Å². The number of carbonyl (C=O) groups is 1. The van der Waals surface area contributed by atoms with E-state index in [0.29, 0.717) is 5.56 Å². The standard InChI is InChI=1S/C14H12N4O/c1-9-11(14(15)19)8-17-18(9)13-6-2-5-12-10(13)4-3-7-16-12/h2-8H,1H3,(H2,15,19). The number of amides is 1. The highest BCUT2D eigenvalue weighted by atomic mass is 16.1. The van der Waals surface area contributed by atoms with E-state index in [4.69, 9.17) is 5.73 Å². The number of carbonyl (C=O) groups excluding carboxylic acids is 1. The van der Waals surface area contributed by atoms with E-state index in [-0.39, 0.29) is 0 Å². The predicted octanol–water partition coefficient (Wildman–Crippen LogP) is 1.83. The molecule has 0 atom stereocenters. The quantitative estimate of drug-likeness (QED) is 0.756. The Morgan fingerprint density at radius 1 is 1.26 bits per heavy atom. The van der Waals surface area contributed by atoms with Crippen LogP contribution in [-0.2, 0) is 0 Å². The van der Waals surface area contributed by atoms with Crippen LogP contribution in [0.1, 0.15) is 16.1 Å². The summed E-state index contributed by atoms with van der Waals surface area (Å²) in [6, 6.07) is 9.64. The van der Waals surface area contributed by atoms with E-state index >= 15 is 0 Å². The Morgan fingerprint density at radius 2 is 2.11 bits per heavy atom. The Hall–Kier alpha value is -2.69. The normalized spacial score (nSPS) is 10.8. The number of hydrogen-bond donors (Lipinski definition) is 1. The number of nitrogens with two attached hydrogens (primary N) is 1. The molecule has 1 aromatic carbocycles. The lowest BCUT2D eigenvalue weighted by molar-refractivity contribution is 0.0999. The van der Waals surface area contributed by atoms with Gasteiger partial charge in [-0.15, -0.1) is 0 Å². The topological polar surface area (TPSA) is 73.8 Å². The van der Waals surface area contributed by atoms with Crippen molar-refractivity contribution in [2.75, 3.05) is 0 Å². The lowest BCUT2D eigenvalue weighted by Gasteiger charge is -2.08. The van der Waals surface area contributed by atoms with Crippen molar-refractivity contribution in [2.24, 2.45) is 5.73 Å². The molecule has 5 heteroatoms. The number of nitrogens with zero attached hydrogens (tertiary/aromatic N) is 3. The predicted molar refractivity (Wildman–Crippen MR) is 72.1 cm³/mol.